The monoisotopic (exact) mass is 199 g/mol. The van der Waals surface area contributed by atoms with E-state index in [0.717, 1.165) is 0 Å². The predicted molar refractivity (Wildman–Crippen MR) is 52.6 cm³/mol. The first kappa shape index (κ1) is 11.2. The second-order valence-electron chi connectivity index (χ2n) is 3.59. The molecular formula is C10H17NO3. The smallest absolute Gasteiger partial charge is 0.132 e. The van der Waals surface area contributed by atoms with Gasteiger partial charge < -0.3 is 19.9 Å². The third-order valence-corrected chi connectivity index (χ3v) is 2.07. The Bertz CT molecular complexity index is 246. The Morgan fingerprint density at radius 2 is 1.64 bits per heavy atom. The van der Waals surface area contributed by atoms with Crippen molar-refractivity contribution in [3.05, 3.63) is 24.5 Å². The summed E-state index contributed by atoms with van der Waals surface area (Å²) in [4.78, 5) is 0. The molecule has 0 aliphatic carbocycles. The highest BCUT2D eigenvalue weighted by molar-refractivity contribution is 4.91. The van der Waals surface area contributed by atoms with Crippen LogP contribution in [0.4, 0.5) is 0 Å². The summed E-state index contributed by atoms with van der Waals surface area (Å²) in [5, 5.41) is 28.1. The van der Waals surface area contributed by atoms with Crippen LogP contribution >= 0.6 is 0 Å². The number of nitrogens with zero attached hydrogens (tertiary/aromatic N) is 1. The molecule has 0 bridgehead atoms. The van der Waals surface area contributed by atoms with Crippen molar-refractivity contribution in [3.8, 4) is 0 Å². The van der Waals surface area contributed by atoms with Crippen molar-refractivity contribution >= 4 is 0 Å². The summed E-state index contributed by atoms with van der Waals surface area (Å²) in [6.07, 6.45) is 2.06. The van der Waals surface area contributed by atoms with Gasteiger partial charge >= 0.3 is 0 Å². The highest BCUT2D eigenvalue weighted by atomic mass is 16.3. The molecule has 14 heavy (non-hydrogen) atoms. The fourth-order valence-corrected chi connectivity index (χ4v) is 1.40. The Labute approximate surface area is 83.4 Å². The van der Waals surface area contributed by atoms with Gasteiger partial charge in [-0.15, -0.1) is 0 Å². The van der Waals surface area contributed by atoms with Gasteiger partial charge in [0.2, 0.25) is 0 Å². The molecule has 4 nitrogen and oxygen atoms in total. The number of hydrogen-bond donors (Lipinski definition) is 3. The van der Waals surface area contributed by atoms with Crippen molar-refractivity contribution < 1.29 is 15.3 Å². The summed E-state index contributed by atoms with van der Waals surface area (Å²) in [6.45, 7) is 1.62. The van der Waals surface area contributed by atoms with Crippen LogP contribution in [0.3, 0.4) is 0 Å². The fraction of sp³-hybridized carbons (Fsp3) is 0.600. The van der Waals surface area contributed by atoms with Crippen molar-refractivity contribution in [2.45, 2.75) is 38.2 Å². The van der Waals surface area contributed by atoms with Crippen LogP contribution in [0.25, 0.3) is 0 Å². The summed E-state index contributed by atoms with van der Waals surface area (Å²) >= 11 is 0. The lowest BCUT2D eigenvalue weighted by Gasteiger charge is -2.17. The molecule has 3 atom stereocenters. The summed E-state index contributed by atoms with van der Waals surface area (Å²) < 4.78 is 1.62. The lowest BCUT2D eigenvalue weighted by Crippen LogP contribution is -2.20. The summed E-state index contributed by atoms with van der Waals surface area (Å²) in [7, 11) is 0. The largest absolute Gasteiger partial charge is 0.393 e. The zero-order chi connectivity index (χ0) is 10.6. The van der Waals surface area contributed by atoms with Crippen LogP contribution < -0.4 is 0 Å². The molecule has 1 rings (SSSR count). The Hall–Kier alpha value is -0.840. The normalized spacial score (nSPS) is 17.7. The number of aliphatic hydroxyl groups is 3. The topological polar surface area (TPSA) is 65.6 Å². The standard InChI is InChI=1S/C10H17NO3/c1-8(12)6-9(13)7-10(14)11-4-2-3-5-11/h2-5,8-10,12-14H,6-7H2,1H3/t8-,9-,10-/m1/s1. The molecule has 0 saturated carbocycles. The van der Waals surface area contributed by atoms with Gasteiger partial charge in [0.1, 0.15) is 6.23 Å². The number of rotatable bonds is 5. The van der Waals surface area contributed by atoms with E-state index in [-0.39, 0.29) is 6.42 Å². The number of hydrogen-bond acceptors (Lipinski definition) is 3. The van der Waals surface area contributed by atoms with E-state index in [1.165, 1.54) is 0 Å². The highest BCUT2D eigenvalue weighted by Gasteiger charge is 2.14. The van der Waals surface area contributed by atoms with E-state index in [2.05, 4.69) is 0 Å². The van der Waals surface area contributed by atoms with E-state index in [9.17, 15) is 10.2 Å². The molecule has 1 heterocycles. The van der Waals surface area contributed by atoms with Gasteiger partial charge in [-0.2, -0.15) is 0 Å². The van der Waals surface area contributed by atoms with E-state index in [4.69, 9.17) is 5.11 Å². The molecule has 0 saturated heterocycles. The molecule has 1 aromatic rings. The average molecular weight is 199 g/mol. The van der Waals surface area contributed by atoms with E-state index in [1.54, 1.807) is 23.9 Å². The van der Waals surface area contributed by atoms with E-state index >= 15 is 0 Å². The van der Waals surface area contributed by atoms with Gasteiger partial charge in [-0.1, -0.05) is 0 Å². The minimum atomic E-state index is -0.723. The van der Waals surface area contributed by atoms with E-state index in [0.29, 0.717) is 6.42 Å². The third-order valence-electron chi connectivity index (χ3n) is 2.07. The molecule has 0 unspecified atom stereocenters. The summed E-state index contributed by atoms with van der Waals surface area (Å²) in [5.74, 6) is 0. The lowest BCUT2D eigenvalue weighted by atomic mass is 10.1. The first-order valence-electron chi connectivity index (χ1n) is 4.76. The second kappa shape index (κ2) is 5.14. The van der Waals surface area contributed by atoms with Crippen molar-refractivity contribution in [1.29, 1.82) is 0 Å². The Balaban J connectivity index is 2.37. The molecule has 0 spiro atoms. The molecule has 80 valence electrons. The maximum absolute atomic E-state index is 9.61. The SMILES string of the molecule is C[C@@H](O)C[C@@H](O)C[C@@H](O)n1cccc1. The van der Waals surface area contributed by atoms with Crippen molar-refractivity contribution in [1.82, 2.24) is 4.57 Å². The maximum atomic E-state index is 9.61. The molecule has 0 fully saturated rings. The molecule has 0 aliphatic rings. The van der Waals surface area contributed by atoms with Crippen molar-refractivity contribution in [2.75, 3.05) is 0 Å². The van der Waals surface area contributed by atoms with Gasteiger partial charge in [-0.3, -0.25) is 0 Å². The molecule has 0 aromatic carbocycles. The van der Waals surface area contributed by atoms with Crippen LogP contribution in [-0.2, 0) is 0 Å². The minimum absolute atomic E-state index is 0.236. The van der Waals surface area contributed by atoms with Crippen LogP contribution in [0, 0.1) is 0 Å². The highest BCUT2D eigenvalue weighted by Crippen LogP contribution is 2.13. The Kier molecular flexibility index (Phi) is 4.13. The number of aromatic nitrogens is 1. The van der Waals surface area contributed by atoms with Crippen molar-refractivity contribution in [3.63, 3.8) is 0 Å². The van der Waals surface area contributed by atoms with E-state index < -0.39 is 18.4 Å². The first-order valence-corrected chi connectivity index (χ1v) is 4.76. The van der Waals surface area contributed by atoms with Crippen LogP contribution in [0.1, 0.15) is 26.0 Å². The third kappa shape index (κ3) is 3.49. The van der Waals surface area contributed by atoms with E-state index in [1.807, 2.05) is 12.1 Å². The van der Waals surface area contributed by atoms with Gasteiger partial charge in [0.15, 0.2) is 0 Å². The maximum Gasteiger partial charge on any atom is 0.132 e. The molecule has 4 heteroatoms. The molecule has 3 N–H and O–H groups in total. The summed E-state index contributed by atoms with van der Waals surface area (Å²) in [6, 6.07) is 3.62. The predicted octanol–water partition coefficient (Wildman–Crippen LogP) is 0.501. The first-order chi connectivity index (χ1) is 6.59. The summed E-state index contributed by atoms with van der Waals surface area (Å²) in [5.41, 5.74) is 0. The fourth-order valence-electron chi connectivity index (χ4n) is 1.40. The van der Waals surface area contributed by atoms with Gasteiger partial charge in [0, 0.05) is 18.8 Å². The van der Waals surface area contributed by atoms with Gasteiger partial charge in [-0.25, -0.2) is 0 Å². The zero-order valence-corrected chi connectivity index (χ0v) is 8.24. The molecule has 0 amide bonds. The molecular weight excluding hydrogens is 182 g/mol. The van der Waals surface area contributed by atoms with Gasteiger partial charge in [-0.05, 0) is 25.5 Å². The molecule has 0 radical (unpaired) electrons. The van der Waals surface area contributed by atoms with Crippen molar-refractivity contribution in [2.24, 2.45) is 0 Å². The Morgan fingerprint density at radius 3 is 2.14 bits per heavy atom. The quantitative estimate of drug-likeness (QED) is 0.647. The zero-order valence-electron chi connectivity index (χ0n) is 8.24. The molecule has 0 aliphatic heterocycles. The van der Waals surface area contributed by atoms with Crippen LogP contribution in [-0.4, -0.2) is 32.1 Å². The number of aliphatic hydroxyl groups excluding tert-OH is 3. The van der Waals surface area contributed by atoms with Gasteiger partial charge in [0.25, 0.3) is 0 Å². The second-order valence-corrected chi connectivity index (χ2v) is 3.59. The lowest BCUT2D eigenvalue weighted by molar-refractivity contribution is 0.0156. The van der Waals surface area contributed by atoms with Crippen LogP contribution in [0.15, 0.2) is 24.5 Å². The van der Waals surface area contributed by atoms with Crippen LogP contribution in [0.5, 0.6) is 0 Å². The van der Waals surface area contributed by atoms with Crippen LogP contribution in [0.2, 0.25) is 0 Å². The van der Waals surface area contributed by atoms with Gasteiger partial charge in [0.05, 0.1) is 12.2 Å². The minimum Gasteiger partial charge on any atom is -0.393 e. The molecule has 1 aromatic heterocycles. The average Bonchev–Trinajstić information content (AvgIpc) is 2.53. The Morgan fingerprint density at radius 1 is 1.07 bits per heavy atom.